The van der Waals surface area contributed by atoms with E-state index >= 15 is 0 Å². The lowest BCUT2D eigenvalue weighted by molar-refractivity contribution is -0.249. The number of rotatable bonds is 8. The van der Waals surface area contributed by atoms with Crippen molar-refractivity contribution in [2.75, 3.05) is 13.9 Å². The fraction of sp³-hybridized carbons (Fsp3) is 0.680. The standard InChI is InChI=1S/C25H30F8O2/c1-34-14-35-19-10-8-18(9-11-19)17-6-4-15(5-7-17)2-3-16-12-20(26)22(21(27)13-16)24(29,30)23(28)25(31,32)33/h2-3,12-13,15,17-19,23H,4-11,14H2,1H3. The monoisotopic (exact) mass is 514 g/mol. The van der Waals surface area contributed by atoms with Crippen LogP contribution in [0.4, 0.5) is 35.1 Å². The van der Waals surface area contributed by atoms with Crippen molar-refractivity contribution in [1.82, 2.24) is 0 Å². The van der Waals surface area contributed by atoms with Gasteiger partial charge >= 0.3 is 12.1 Å². The molecule has 1 atom stereocenters. The fourth-order valence-corrected chi connectivity index (χ4v) is 5.29. The van der Waals surface area contributed by atoms with Crippen LogP contribution in [0.15, 0.2) is 18.2 Å². The van der Waals surface area contributed by atoms with Gasteiger partial charge < -0.3 is 9.47 Å². The van der Waals surface area contributed by atoms with Gasteiger partial charge in [0.05, 0.1) is 11.7 Å². The van der Waals surface area contributed by atoms with Gasteiger partial charge in [0.1, 0.15) is 18.4 Å². The van der Waals surface area contributed by atoms with Gasteiger partial charge in [-0.15, -0.1) is 0 Å². The highest BCUT2D eigenvalue weighted by atomic mass is 19.4. The summed E-state index contributed by atoms with van der Waals surface area (Å²) in [6, 6.07) is 1.00. The van der Waals surface area contributed by atoms with E-state index in [-0.39, 0.29) is 17.6 Å². The first kappa shape index (κ1) is 27.9. The lowest BCUT2D eigenvalue weighted by atomic mass is 9.70. The summed E-state index contributed by atoms with van der Waals surface area (Å²) in [5, 5.41) is 0. The Balaban J connectivity index is 1.56. The molecule has 0 radical (unpaired) electrons. The highest BCUT2D eigenvalue weighted by Crippen LogP contribution is 2.44. The number of hydrogen-bond donors (Lipinski definition) is 0. The number of alkyl halides is 6. The maximum Gasteiger partial charge on any atom is 0.426 e. The molecule has 2 fully saturated rings. The number of methoxy groups -OCH3 is 1. The van der Waals surface area contributed by atoms with Gasteiger partial charge in [-0.2, -0.15) is 22.0 Å². The summed E-state index contributed by atoms with van der Waals surface area (Å²) in [6.45, 7) is 0.301. The van der Waals surface area contributed by atoms with Crippen LogP contribution in [0.2, 0.25) is 0 Å². The van der Waals surface area contributed by atoms with Crippen molar-refractivity contribution in [3.63, 3.8) is 0 Å². The third-order valence-electron chi connectivity index (χ3n) is 7.19. The van der Waals surface area contributed by atoms with Gasteiger partial charge in [0.2, 0.25) is 0 Å². The van der Waals surface area contributed by atoms with Gasteiger partial charge in [-0.05, 0) is 86.8 Å². The molecule has 0 aliphatic heterocycles. The molecule has 2 saturated carbocycles. The summed E-state index contributed by atoms with van der Waals surface area (Å²) in [6.07, 6.45) is 0.639. The minimum atomic E-state index is -5.96. The zero-order valence-electron chi connectivity index (χ0n) is 19.4. The van der Waals surface area contributed by atoms with Gasteiger partial charge in [-0.25, -0.2) is 13.2 Å². The maximum atomic E-state index is 14.2. The largest absolute Gasteiger partial charge is 0.426 e. The Morgan fingerprint density at radius 2 is 1.40 bits per heavy atom. The Morgan fingerprint density at radius 3 is 1.89 bits per heavy atom. The second-order valence-corrected chi connectivity index (χ2v) is 9.53. The SMILES string of the molecule is COCOC1CCC(C2CCC(C=Cc3cc(F)c(C(F)(F)C(F)C(F)(F)F)c(F)c3)CC2)CC1. The average Bonchev–Trinajstić information content (AvgIpc) is 2.80. The molecule has 0 saturated heterocycles. The number of allylic oxidation sites excluding steroid dienone is 1. The maximum absolute atomic E-state index is 14.2. The Morgan fingerprint density at radius 1 is 0.886 bits per heavy atom. The summed E-state index contributed by atoms with van der Waals surface area (Å²) in [4.78, 5) is 0. The molecule has 2 aliphatic carbocycles. The Kier molecular flexibility index (Phi) is 9.23. The number of benzene rings is 1. The van der Waals surface area contributed by atoms with Crippen LogP contribution in [0.25, 0.3) is 6.08 Å². The molecule has 198 valence electrons. The molecule has 1 aromatic rings. The van der Waals surface area contributed by atoms with Gasteiger partial charge in [-0.1, -0.05) is 12.2 Å². The van der Waals surface area contributed by atoms with E-state index < -0.39 is 35.5 Å². The minimum absolute atomic E-state index is 0.113. The summed E-state index contributed by atoms with van der Waals surface area (Å²) >= 11 is 0. The van der Waals surface area contributed by atoms with E-state index in [4.69, 9.17) is 9.47 Å². The zero-order chi connectivity index (χ0) is 25.8. The van der Waals surface area contributed by atoms with Crippen molar-refractivity contribution in [3.8, 4) is 0 Å². The molecule has 3 rings (SSSR count). The second-order valence-electron chi connectivity index (χ2n) is 9.53. The zero-order valence-corrected chi connectivity index (χ0v) is 19.4. The highest BCUT2D eigenvalue weighted by Gasteiger charge is 2.59. The van der Waals surface area contributed by atoms with E-state index in [9.17, 15) is 35.1 Å². The van der Waals surface area contributed by atoms with Crippen molar-refractivity contribution < 1.29 is 44.6 Å². The van der Waals surface area contributed by atoms with Gasteiger partial charge in [0.15, 0.2) is 0 Å². The van der Waals surface area contributed by atoms with Gasteiger partial charge in [0, 0.05) is 7.11 Å². The molecule has 0 heterocycles. The molecule has 35 heavy (non-hydrogen) atoms. The first-order valence-corrected chi connectivity index (χ1v) is 11.8. The van der Waals surface area contributed by atoms with Crippen molar-refractivity contribution in [2.24, 2.45) is 17.8 Å². The lowest BCUT2D eigenvalue weighted by Gasteiger charge is -2.37. The molecule has 2 nitrogen and oxygen atoms in total. The molecule has 0 N–H and O–H groups in total. The molecular formula is C25H30F8O2. The van der Waals surface area contributed by atoms with E-state index in [0.717, 1.165) is 51.4 Å². The Hall–Kier alpha value is -1.68. The number of halogens is 8. The van der Waals surface area contributed by atoms with Gasteiger partial charge in [0.25, 0.3) is 6.17 Å². The van der Waals surface area contributed by atoms with Crippen molar-refractivity contribution >= 4 is 6.08 Å². The molecule has 10 heteroatoms. The van der Waals surface area contributed by atoms with Crippen molar-refractivity contribution in [3.05, 3.63) is 41.0 Å². The molecule has 1 aromatic carbocycles. The molecule has 0 spiro atoms. The van der Waals surface area contributed by atoms with Crippen LogP contribution in [0.1, 0.15) is 62.5 Å². The minimum Gasteiger partial charge on any atom is -0.359 e. The topological polar surface area (TPSA) is 18.5 Å². The molecule has 2 aliphatic rings. The highest BCUT2D eigenvalue weighted by molar-refractivity contribution is 5.51. The first-order valence-electron chi connectivity index (χ1n) is 11.8. The summed E-state index contributed by atoms with van der Waals surface area (Å²) in [7, 11) is 1.60. The second kappa shape index (κ2) is 11.6. The molecule has 0 bridgehead atoms. The van der Waals surface area contributed by atoms with Crippen molar-refractivity contribution in [1.29, 1.82) is 0 Å². The Labute approximate surface area is 199 Å². The third kappa shape index (κ3) is 6.96. The Bertz CT molecular complexity index is 831. The van der Waals surface area contributed by atoms with Crippen LogP contribution in [0, 0.1) is 29.4 Å². The van der Waals surface area contributed by atoms with Crippen LogP contribution >= 0.6 is 0 Å². The predicted molar refractivity (Wildman–Crippen MR) is 114 cm³/mol. The normalized spacial score (nSPS) is 27.3. The van der Waals surface area contributed by atoms with E-state index in [1.807, 2.05) is 0 Å². The van der Waals surface area contributed by atoms with E-state index in [1.165, 1.54) is 6.08 Å². The summed E-state index contributed by atoms with van der Waals surface area (Å²) < 4.78 is 117. The smallest absolute Gasteiger partial charge is 0.359 e. The first-order chi connectivity index (χ1) is 16.4. The van der Waals surface area contributed by atoms with Gasteiger partial charge in [-0.3, -0.25) is 0 Å². The predicted octanol–water partition coefficient (Wildman–Crippen LogP) is 7.96. The third-order valence-corrected chi connectivity index (χ3v) is 7.19. The summed E-state index contributed by atoms with van der Waals surface area (Å²) in [5.74, 6) is -7.86. The van der Waals surface area contributed by atoms with E-state index in [0.29, 0.717) is 30.8 Å². The van der Waals surface area contributed by atoms with Crippen LogP contribution in [-0.2, 0) is 15.4 Å². The molecule has 1 unspecified atom stereocenters. The van der Waals surface area contributed by atoms with Crippen LogP contribution in [0.5, 0.6) is 0 Å². The molecule has 0 aromatic heterocycles. The quantitative estimate of drug-likeness (QED) is 0.259. The molecule has 0 amide bonds. The van der Waals surface area contributed by atoms with Crippen LogP contribution < -0.4 is 0 Å². The molecular weight excluding hydrogens is 484 g/mol. The van der Waals surface area contributed by atoms with E-state index in [1.54, 1.807) is 13.2 Å². The number of hydrogen-bond acceptors (Lipinski definition) is 2. The van der Waals surface area contributed by atoms with E-state index in [2.05, 4.69) is 0 Å². The van der Waals surface area contributed by atoms with Crippen molar-refractivity contribution in [2.45, 2.75) is 75.7 Å². The lowest BCUT2D eigenvalue weighted by Crippen LogP contribution is -2.40. The van der Waals surface area contributed by atoms with Crippen LogP contribution in [0.3, 0.4) is 0 Å². The van der Waals surface area contributed by atoms with Crippen LogP contribution in [-0.4, -0.2) is 32.4 Å². The average molecular weight is 514 g/mol. The summed E-state index contributed by atoms with van der Waals surface area (Å²) in [5.41, 5.74) is -2.33. The fourth-order valence-electron chi connectivity index (χ4n) is 5.29. The number of ether oxygens (including phenoxy) is 2.